The van der Waals surface area contributed by atoms with Crippen molar-refractivity contribution in [2.75, 3.05) is 30.8 Å². The quantitative estimate of drug-likeness (QED) is 0.638. The van der Waals surface area contributed by atoms with Gasteiger partial charge in [-0.15, -0.1) is 0 Å². The van der Waals surface area contributed by atoms with Crippen LogP contribution in [0.4, 0.5) is 20.2 Å². The molecule has 0 atom stereocenters. The van der Waals surface area contributed by atoms with Crippen molar-refractivity contribution in [2.45, 2.75) is 10.7 Å². The first-order chi connectivity index (χ1) is 12.8. The van der Waals surface area contributed by atoms with Crippen LogP contribution in [0, 0.1) is 0 Å². The summed E-state index contributed by atoms with van der Waals surface area (Å²) < 4.78 is 24.6. The van der Waals surface area contributed by atoms with Crippen LogP contribution >= 0.6 is 23.4 Å². The number of likely N-dealkylation sites (N-methyl/N-ethyl adjacent to an activating group) is 1. The third-order valence-corrected chi connectivity index (χ3v) is 4.39. The molecule has 2 aromatic rings. The van der Waals surface area contributed by atoms with Crippen molar-refractivity contribution in [3.8, 4) is 0 Å². The van der Waals surface area contributed by atoms with E-state index in [4.69, 9.17) is 11.6 Å². The van der Waals surface area contributed by atoms with Crippen molar-refractivity contribution >= 4 is 46.6 Å². The topological polar surface area (TPSA) is 61.4 Å². The second-order valence-corrected chi connectivity index (χ2v) is 7.12. The summed E-state index contributed by atoms with van der Waals surface area (Å²) in [6.45, 7) is -0.00785. The molecule has 0 fully saturated rings. The summed E-state index contributed by atoms with van der Waals surface area (Å²) in [5.74, 6) is -3.11. The van der Waals surface area contributed by atoms with Crippen LogP contribution in [0.3, 0.4) is 0 Å². The molecule has 0 unspecified atom stereocenters. The van der Waals surface area contributed by atoms with Gasteiger partial charge in [0.2, 0.25) is 11.8 Å². The second kappa shape index (κ2) is 10.2. The summed E-state index contributed by atoms with van der Waals surface area (Å²) in [7, 11) is 1.63. The molecule has 0 bridgehead atoms. The van der Waals surface area contributed by atoms with E-state index in [1.54, 1.807) is 48.3 Å². The number of carbonyl (C=O) groups excluding carboxylic acids is 2. The molecule has 2 rings (SSSR count). The summed E-state index contributed by atoms with van der Waals surface area (Å²) in [6.07, 6.45) is 0. The maximum absolute atomic E-state index is 12.3. The van der Waals surface area contributed by atoms with Gasteiger partial charge in [0.15, 0.2) is 0 Å². The lowest BCUT2D eigenvalue weighted by Gasteiger charge is -2.16. The summed E-state index contributed by atoms with van der Waals surface area (Å²) in [4.78, 5) is 26.0. The number of thioether (sulfide) groups is 1. The molecular formula is C18H18ClF2N3O2S. The van der Waals surface area contributed by atoms with Gasteiger partial charge in [0.1, 0.15) is 0 Å². The van der Waals surface area contributed by atoms with Gasteiger partial charge < -0.3 is 10.6 Å². The number of benzene rings is 2. The molecule has 9 heteroatoms. The lowest BCUT2D eigenvalue weighted by molar-refractivity contribution is -0.119. The Kier molecular flexibility index (Phi) is 8.02. The minimum Gasteiger partial charge on any atom is -0.325 e. The maximum Gasteiger partial charge on any atom is 0.288 e. The summed E-state index contributed by atoms with van der Waals surface area (Å²) >= 11 is 6.42. The van der Waals surface area contributed by atoms with E-state index in [-0.39, 0.29) is 24.9 Å². The van der Waals surface area contributed by atoms with Crippen LogP contribution < -0.4 is 10.6 Å². The first-order valence-corrected chi connectivity index (χ1v) is 9.17. The molecule has 0 saturated heterocycles. The van der Waals surface area contributed by atoms with E-state index in [9.17, 15) is 18.4 Å². The van der Waals surface area contributed by atoms with Gasteiger partial charge in [-0.25, -0.2) is 0 Å². The number of amides is 2. The average molecular weight is 414 g/mol. The molecule has 27 heavy (non-hydrogen) atoms. The number of hydrogen-bond acceptors (Lipinski definition) is 4. The summed E-state index contributed by atoms with van der Waals surface area (Å²) in [5.41, 5.74) is 0.997. The molecule has 2 N–H and O–H groups in total. The van der Waals surface area contributed by atoms with Crippen molar-refractivity contribution in [3.05, 3.63) is 53.6 Å². The molecule has 0 aliphatic carbocycles. The molecule has 2 amide bonds. The highest BCUT2D eigenvalue weighted by Gasteiger charge is 2.12. The van der Waals surface area contributed by atoms with Gasteiger partial charge >= 0.3 is 0 Å². The Balaban J connectivity index is 1.79. The van der Waals surface area contributed by atoms with E-state index in [0.717, 1.165) is 0 Å². The zero-order valence-electron chi connectivity index (χ0n) is 14.4. The highest BCUT2D eigenvalue weighted by Crippen LogP contribution is 2.26. The largest absolute Gasteiger partial charge is 0.325 e. The Morgan fingerprint density at radius 1 is 1.04 bits per heavy atom. The van der Waals surface area contributed by atoms with Gasteiger partial charge in [-0.1, -0.05) is 35.5 Å². The third-order valence-electron chi connectivity index (χ3n) is 3.34. The van der Waals surface area contributed by atoms with Crippen LogP contribution in [0.15, 0.2) is 53.4 Å². The predicted molar refractivity (Wildman–Crippen MR) is 105 cm³/mol. The zero-order valence-corrected chi connectivity index (χ0v) is 16.0. The first kappa shape index (κ1) is 21.1. The summed E-state index contributed by atoms with van der Waals surface area (Å²) in [5, 5.41) is 5.76. The first-order valence-electron chi connectivity index (χ1n) is 7.91. The molecular weight excluding hydrogens is 396 g/mol. The van der Waals surface area contributed by atoms with Crippen LogP contribution in [0.2, 0.25) is 5.02 Å². The van der Waals surface area contributed by atoms with Gasteiger partial charge in [-0.05, 0) is 43.4 Å². The number of nitrogens with one attached hydrogen (secondary N) is 2. The van der Waals surface area contributed by atoms with Crippen molar-refractivity contribution in [2.24, 2.45) is 0 Å². The normalized spacial score (nSPS) is 10.9. The molecule has 0 radical (unpaired) electrons. The number of alkyl halides is 2. The molecule has 144 valence electrons. The fraction of sp³-hybridized carbons (Fsp3) is 0.222. The van der Waals surface area contributed by atoms with Crippen molar-refractivity contribution < 1.29 is 18.4 Å². The number of anilines is 2. The minimum atomic E-state index is -2.49. The Hall–Kier alpha value is -2.16. The second-order valence-electron chi connectivity index (χ2n) is 5.65. The Morgan fingerprint density at radius 2 is 1.63 bits per heavy atom. The van der Waals surface area contributed by atoms with E-state index < -0.39 is 5.76 Å². The number of para-hydroxylation sites is 1. The Morgan fingerprint density at radius 3 is 2.22 bits per heavy atom. The predicted octanol–water partition coefficient (Wildman–Crippen LogP) is 4.16. The van der Waals surface area contributed by atoms with Gasteiger partial charge in [0.05, 0.1) is 23.8 Å². The van der Waals surface area contributed by atoms with E-state index in [0.29, 0.717) is 33.1 Å². The molecule has 2 aromatic carbocycles. The SMILES string of the molecule is CN(CC(=O)Nc1ccc(SC(F)F)cc1)CC(=O)Nc1ccccc1Cl. The lowest BCUT2D eigenvalue weighted by Crippen LogP contribution is -2.36. The molecule has 0 spiro atoms. The number of hydrogen-bond donors (Lipinski definition) is 2. The standard InChI is InChI=1S/C18H18ClF2N3O2S/c1-24(11-17(26)23-15-5-3-2-4-14(15)19)10-16(25)22-12-6-8-13(9-7-12)27-18(20)21/h2-9,18H,10-11H2,1H3,(H,22,25)(H,23,26). The van der Waals surface area contributed by atoms with E-state index in [1.165, 1.54) is 12.1 Å². The number of nitrogens with zero attached hydrogens (tertiary/aromatic N) is 1. The van der Waals surface area contributed by atoms with Crippen LogP contribution in [0.1, 0.15) is 0 Å². The fourth-order valence-corrected chi connectivity index (χ4v) is 2.90. The van der Waals surface area contributed by atoms with Gasteiger partial charge in [0.25, 0.3) is 5.76 Å². The Labute approximate surface area is 165 Å². The number of carbonyl (C=O) groups is 2. The molecule has 0 aromatic heterocycles. The van der Waals surface area contributed by atoms with Crippen molar-refractivity contribution in [3.63, 3.8) is 0 Å². The fourth-order valence-electron chi connectivity index (χ4n) is 2.22. The lowest BCUT2D eigenvalue weighted by atomic mass is 10.3. The smallest absolute Gasteiger partial charge is 0.288 e. The van der Waals surface area contributed by atoms with Crippen LogP contribution in [0.25, 0.3) is 0 Å². The van der Waals surface area contributed by atoms with E-state index in [1.807, 2.05) is 0 Å². The van der Waals surface area contributed by atoms with Gasteiger partial charge in [-0.3, -0.25) is 14.5 Å². The van der Waals surface area contributed by atoms with Gasteiger partial charge in [0, 0.05) is 10.6 Å². The molecule has 0 aliphatic rings. The molecule has 0 aliphatic heterocycles. The van der Waals surface area contributed by atoms with Crippen LogP contribution in [0.5, 0.6) is 0 Å². The van der Waals surface area contributed by atoms with E-state index >= 15 is 0 Å². The molecule has 0 saturated carbocycles. The average Bonchev–Trinajstić information content (AvgIpc) is 2.58. The van der Waals surface area contributed by atoms with E-state index in [2.05, 4.69) is 10.6 Å². The number of rotatable bonds is 8. The van der Waals surface area contributed by atoms with Crippen molar-refractivity contribution in [1.82, 2.24) is 4.90 Å². The van der Waals surface area contributed by atoms with Gasteiger partial charge in [-0.2, -0.15) is 8.78 Å². The maximum atomic E-state index is 12.3. The van der Waals surface area contributed by atoms with Crippen LogP contribution in [-0.4, -0.2) is 42.6 Å². The number of halogens is 3. The minimum absolute atomic E-state index is 0.00259. The monoisotopic (exact) mass is 413 g/mol. The molecule has 5 nitrogen and oxygen atoms in total. The highest BCUT2D eigenvalue weighted by atomic mass is 35.5. The third kappa shape index (κ3) is 7.54. The van der Waals surface area contributed by atoms with Crippen LogP contribution in [-0.2, 0) is 9.59 Å². The molecule has 0 heterocycles. The van der Waals surface area contributed by atoms with Crippen molar-refractivity contribution in [1.29, 1.82) is 0 Å². The highest BCUT2D eigenvalue weighted by molar-refractivity contribution is 7.99. The summed E-state index contributed by atoms with van der Waals surface area (Å²) in [6, 6.07) is 13.0. The zero-order chi connectivity index (χ0) is 19.8. The Bertz CT molecular complexity index is 790.